The number of aryl methyl sites for hydroxylation is 2. The summed E-state index contributed by atoms with van der Waals surface area (Å²) in [6.07, 6.45) is 5.49. The average molecular weight is 414 g/mol. The number of amides is 2. The van der Waals surface area contributed by atoms with Gasteiger partial charge in [-0.05, 0) is 66.7 Å². The van der Waals surface area contributed by atoms with Crippen LogP contribution in [0, 0.1) is 18.8 Å². The van der Waals surface area contributed by atoms with Gasteiger partial charge in [0.25, 0.3) is 5.91 Å². The van der Waals surface area contributed by atoms with Crippen LogP contribution in [-0.4, -0.2) is 52.0 Å². The second-order valence-corrected chi connectivity index (χ2v) is 9.15. The number of fused-ring (bicyclic) bond motifs is 1. The first kappa shape index (κ1) is 20.0. The number of nitrogens with one attached hydrogen (secondary N) is 1. The molecule has 4 rings (SSSR count). The SMILES string of the molecule is Cc1ccsc1C(=O)N[C@H]1C[C@H]2CN(C(=O)CCc3cccnc3)C[C@H]2C[C@@H]1O. The minimum Gasteiger partial charge on any atom is -0.391 e. The summed E-state index contributed by atoms with van der Waals surface area (Å²) in [7, 11) is 0. The number of aliphatic hydroxyl groups excluding tert-OH is 1. The van der Waals surface area contributed by atoms with Crippen molar-refractivity contribution in [3.05, 3.63) is 52.0 Å². The molecule has 1 saturated carbocycles. The van der Waals surface area contributed by atoms with E-state index in [1.165, 1.54) is 11.3 Å². The van der Waals surface area contributed by atoms with Gasteiger partial charge in [-0.1, -0.05) is 6.07 Å². The highest BCUT2D eigenvalue weighted by molar-refractivity contribution is 7.12. The number of likely N-dealkylation sites (tertiary alicyclic amines) is 1. The van der Waals surface area contributed by atoms with Crippen molar-refractivity contribution in [2.75, 3.05) is 13.1 Å². The lowest BCUT2D eigenvalue weighted by atomic mass is 9.77. The van der Waals surface area contributed by atoms with Crippen LogP contribution in [0.4, 0.5) is 0 Å². The van der Waals surface area contributed by atoms with E-state index in [4.69, 9.17) is 0 Å². The Kier molecular flexibility index (Phi) is 5.96. The Hall–Kier alpha value is -2.25. The zero-order valence-electron chi connectivity index (χ0n) is 16.6. The Morgan fingerprint density at radius 3 is 2.76 bits per heavy atom. The number of carbonyl (C=O) groups is 2. The second kappa shape index (κ2) is 8.63. The van der Waals surface area contributed by atoms with Crippen LogP contribution in [0.5, 0.6) is 0 Å². The molecule has 2 aromatic heterocycles. The number of rotatable bonds is 5. The third-order valence-corrected chi connectivity index (χ3v) is 7.24. The number of carbonyl (C=O) groups excluding carboxylic acids is 2. The van der Waals surface area contributed by atoms with Gasteiger partial charge in [0.2, 0.25) is 5.91 Å². The quantitative estimate of drug-likeness (QED) is 0.789. The van der Waals surface area contributed by atoms with Crippen LogP contribution in [0.25, 0.3) is 0 Å². The first-order chi connectivity index (χ1) is 14.0. The Morgan fingerprint density at radius 1 is 1.28 bits per heavy atom. The lowest BCUT2D eigenvalue weighted by molar-refractivity contribution is -0.130. The first-order valence-corrected chi connectivity index (χ1v) is 11.1. The van der Waals surface area contributed by atoms with E-state index in [0.717, 1.165) is 11.1 Å². The molecular weight excluding hydrogens is 386 g/mol. The Balaban J connectivity index is 1.32. The number of hydrogen-bond donors (Lipinski definition) is 2. The molecule has 2 aliphatic rings. The Morgan fingerprint density at radius 2 is 2.07 bits per heavy atom. The van der Waals surface area contributed by atoms with Crippen LogP contribution in [0.1, 0.15) is 40.1 Å². The molecule has 0 unspecified atom stereocenters. The molecule has 4 atom stereocenters. The van der Waals surface area contributed by atoms with Crippen LogP contribution in [0.3, 0.4) is 0 Å². The van der Waals surface area contributed by atoms with Gasteiger partial charge in [0.05, 0.1) is 17.0 Å². The predicted molar refractivity (Wildman–Crippen MR) is 112 cm³/mol. The summed E-state index contributed by atoms with van der Waals surface area (Å²) in [6, 6.07) is 5.55. The lowest BCUT2D eigenvalue weighted by Gasteiger charge is -2.35. The fourth-order valence-electron chi connectivity index (χ4n) is 4.58. The predicted octanol–water partition coefficient (Wildman–Crippen LogP) is 2.41. The monoisotopic (exact) mass is 413 g/mol. The van der Waals surface area contributed by atoms with E-state index < -0.39 is 6.10 Å². The van der Waals surface area contributed by atoms with E-state index >= 15 is 0 Å². The summed E-state index contributed by atoms with van der Waals surface area (Å²) in [6.45, 7) is 3.34. The maximum absolute atomic E-state index is 12.7. The highest BCUT2D eigenvalue weighted by atomic mass is 32.1. The van der Waals surface area contributed by atoms with Gasteiger partial charge in [0.1, 0.15) is 0 Å². The summed E-state index contributed by atoms with van der Waals surface area (Å²) in [5, 5.41) is 15.5. The third-order valence-electron chi connectivity index (χ3n) is 6.23. The fraction of sp³-hybridized carbons (Fsp3) is 0.500. The maximum atomic E-state index is 12.7. The van der Waals surface area contributed by atoms with E-state index in [1.807, 2.05) is 35.4 Å². The van der Waals surface area contributed by atoms with Crippen molar-refractivity contribution >= 4 is 23.2 Å². The molecule has 1 aliphatic heterocycles. The Bertz CT molecular complexity index is 869. The third kappa shape index (κ3) is 4.51. The van der Waals surface area contributed by atoms with Crippen molar-refractivity contribution in [3.8, 4) is 0 Å². The smallest absolute Gasteiger partial charge is 0.261 e. The van der Waals surface area contributed by atoms with Crippen LogP contribution in [0.15, 0.2) is 36.0 Å². The topological polar surface area (TPSA) is 82.5 Å². The number of nitrogens with zero attached hydrogens (tertiary/aromatic N) is 2. The zero-order valence-corrected chi connectivity index (χ0v) is 17.4. The molecule has 2 amide bonds. The van der Waals surface area contributed by atoms with Crippen molar-refractivity contribution in [1.29, 1.82) is 0 Å². The summed E-state index contributed by atoms with van der Waals surface area (Å²) in [5.41, 5.74) is 2.03. The van der Waals surface area contributed by atoms with Crippen LogP contribution in [-0.2, 0) is 11.2 Å². The van der Waals surface area contributed by atoms with Crippen LogP contribution in [0.2, 0.25) is 0 Å². The number of pyridine rings is 1. The Labute approximate surface area is 175 Å². The summed E-state index contributed by atoms with van der Waals surface area (Å²) in [4.78, 5) is 32.0. The van der Waals surface area contributed by atoms with Gasteiger partial charge in [0.15, 0.2) is 0 Å². The second-order valence-electron chi connectivity index (χ2n) is 8.23. The molecule has 29 heavy (non-hydrogen) atoms. The summed E-state index contributed by atoms with van der Waals surface area (Å²) >= 11 is 1.42. The van der Waals surface area contributed by atoms with Gasteiger partial charge in [0, 0.05) is 31.9 Å². The molecule has 1 saturated heterocycles. The fourth-order valence-corrected chi connectivity index (χ4v) is 5.41. The molecule has 2 aromatic rings. The normalized spacial score (nSPS) is 26.2. The highest BCUT2D eigenvalue weighted by Crippen LogP contribution is 2.37. The number of aliphatic hydroxyl groups is 1. The van der Waals surface area contributed by atoms with Crippen molar-refractivity contribution in [1.82, 2.24) is 15.2 Å². The number of hydrogen-bond acceptors (Lipinski definition) is 5. The summed E-state index contributed by atoms with van der Waals surface area (Å²) < 4.78 is 0. The zero-order chi connectivity index (χ0) is 20.4. The standard InChI is InChI=1S/C22H27N3O3S/c1-14-6-8-29-21(14)22(28)24-18-9-16-12-25(13-17(16)10-19(18)26)20(27)5-4-15-3-2-7-23-11-15/h2-3,6-8,11,16-19,26H,4-5,9-10,12-13H2,1H3,(H,24,28)/t16-,17+,18-,19-/m0/s1. The molecule has 0 bridgehead atoms. The van der Waals surface area contributed by atoms with Gasteiger partial charge in [-0.2, -0.15) is 0 Å². The summed E-state index contributed by atoms with van der Waals surface area (Å²) in [5.74, 6) is 0.689. The van der Waals surface area contributed by atoms with Crippen LogP contribution < -0.4 is 5.32 Å². The molecule has 7 heteroatoms. The lowest BCUT2D eigenvalue weighted by Crippen LogP contribution is -2.49. The molecule has 6 nitrogen and oxygen atoms in total. The van der Waals surface area contributed by atoms with Crippen molar-refractivity contribution in [3.63, 3.8) is 0 Å². The van der Waals surface area contributed by atoms with E-state index in [9.17, 15) is 14.7 Å². The molecular formula is C22H27N3O3S. The maximum Gasteiger partial charge on any atom is 0.261 e. The van der Waals surface area contributed by atoms with E-state index in [1.54, 1.807) is 12.4 Å². The van der Waals surface area contributed by atoms with Gasteiger partial charge in [-0.15, -0.1) is 11.3 Å². The number of thiophene rings is 1. The molecule has 2 fully saturated rings. The minimum atomic E-state index is -0.564. The van der Waals surface area contributed by atoms with Gasteiger partial charge < -0.3 is 15.3 Å². The van der Waals surface area contributed by atoms with Gasteiger partial charge >= 0.3 is 0 Å². The first-order valence-electron chi connectivity index (χ1n) is 10.2. The molecule has 0 aromatic carbocycles. The molecule has 0 radical (unpaired) electrons. The molecule has 154 valence electrons. The van der Waals surface area contributed by atoms with Gasteiger partial charge in [-0.25, -0.2) is 0 Å². The van der Waals surface area contributed by atoms with Crippen molar-refractivity contribution in [2.24, 2.45) is 11.8 Å². The van der Waals surface area contributed by atoms with E-state index in [0.29, 0.717) is 55.5 Å². The number of aromatic nitrogens is 1. The highest BCUT2D eigenvalue weighted by Gasteiger charge is 2.43. The molecule has 3 heterocycles. The average Bonchev–Trinajstić information content (AvgIpc) is 3.33. The molecule has 2 N–H and O–H groups in total. The molecule has 0 spiro atoms. The van der Waals surface area contributed by atoms with Gasteiger partial charge in [-0.3, -0.25) is 14.6 Å². The van der Waals surface area contributed by atoms with Crippen LogP contribution >= 0.6 is 11.3 Å². The van der Waals surface area contributed by atoms with E-state index in [2.05, 4.69) is 10.3 Å². The van der Waals surface area contributed by atoms with Crippen molar-refractivity contribution in [2.45, 2.75) is 44.8 Å². The minimum absolute atomic E-state index is 0.109. The molecule has 1 aliphatic carbocycles. The largest absolute Gasteiger partial charge is 0.391 e. The van der Waals surface area contributed by atoms with E-state index in [-0.39, 0.29) is 17.9 Å². The van der Waals surface area contributed by atoms with Crippen molar-refractivity contribution < 1.29 is 14.7 Å².